The minimum Gasteiger partial charge on any atom is -0.467 e. The van der Waals surface area contributed by atoms with E-state index in [2.05, 4.69) is 20.2 Å². The number of pyridine rings is 2. The molecule has 0 radical (unpaired) electrons. The van der Waals surface area contributed by atoms with E-state index >= 15 is 0 Å². The Kier molecular flexibility index (Phi) is 4.32. The van der Waals surface area contributed by atoms with Gasteiger partial charge in [0.25, 0.3) is 0 Å². The van der Waals surface area contributed by atoms with Crippen molar-refractivity contribution >= 4 is 5.97 Å². The minimum absolute atomic E-state index is 0.262. The molecule has 0 spiro atoms. The van der Waals surface area contributed by atoms with Crippen LogP contribution in [-0.4, -0.2) is 38.8 Å². The van der Waals surface area contributed by atoms with Crippen LogP contribution in [0.3, 0.4) is 0 Å². The van der Waals surface area contributed by atoms with Gasteiger partial charge >= 0.3 is 5.97 Å². The number of carbonyl (C=O) groups is 1. The molecule has 3 aromatic heterocycles. The van der Waals surface area contributed by atoms with E-state index in [4.69, 9.17) is 9.47 Å². The first kappa shape index (κ1) is 17.9. The summed E-state index contributed by atoms with van der Waals surface area (Å²) in [5, 5.41) is 9.06. The highest BCUT2D eigenvalue weighted by Gasteiger charge is 2.51. The fourth-order valence-electron chi connectivity index (χ4n) is 4.39. The number of hydrogen-bond acceptors (Lipinski definition) is 7. The molecule has 1 fully saturated rings. The molecular weight excluding hydrogens is 368 g/mol. The molecule has 1 saturated heterocycles. The van der Waals surface area contributed by atoms with Crippen molar-refractivity contribution in [3.63, 3.8) is 0 Å². The quantitative estimate of drug-likeness (QED) is 0.636. The molecule has 7 heteroatoms. The number of nitrogens with zero attached hydrogens (tertiary/aromatic N) is 4. The predicted molar refractivity (Wildman–Crippen MR) is 105 cm³/mol. The molecule has 0 aliphatic carbocycles. The van der Waals surface area contributed by atoms with Gasteiger partial charge in [-0.25, -0.2) is 4.79 Å². The summed E-state index contributed by atoms with van der Waals surface area (Å²) in [5.74, 6) is -0.313. The zero-order valence-corrected chi connectivity index (χ0v) is 16.0. The second-order valence-electron chi connectivity index (χ2n) is 7.35. The third kappa shape index (κ3) is 2.89. The lowest BCUT2D eigenvalue weighted by molar-refractivity contribution is -0.168. The van der Waals surface area contributed by atoms with Crippen molar-refractivity contribution in [1.29, 1.82) is 0 Å². The lowest BCUT2D eigenvalue weighted by atomic mass is 9.85. The number of methoxy groups -OCH3 is 1. The Morgan fingerprint density at radius 1 is 1.03 bits per heavy atom. The molecule has 2 atom stereocenters. The van der Waals surface area contributed by atoms with E-state index in [1.165, 1.54) is 7.11 Å². The number of aromatic nitrogens is 4. The van der Waals surface area contributed by atoms with Gasteiger partial charge in [-0.3, -0.25) is 9.97 Å². The van der Waals surface area contributed by atoms with Gasteiger partial charge < -0.3 is 9.47 Å². The molecule has 2 aliphatic heterocycles. The maximum Gasteiger partial charge on any atom is 0.338 e. The normalized spacial score (nSPS) is 22.6. The van der Waals surface area contributed by atoms with Crippen molar-refractivity contribution in [3.05, 3.63) is 59.9 Å². The van der Waals surface area contributed by atoms with Gasteiger partial charge in [0.2, 0.25) is 0 Å². The molecule has 5 heterocycles. The predicted octanol–water partition coefficient (Wildman–Crippen LogP) is 3.31. The lowest BCUT2D eigenvalue weighted by Crippen LogP contribution is -2.39. The Hall–Kier alpha value is -3.19. The molecule has 2 bridgehead atoms. The van der Waals surface area contributed by atoms with Crippen molar-refractivity contribution in [2.45, 2.75) is 37.4 Å². The number of fused-ring (bicyclic) bond motifs is 4. The van der Waals surface area contributed by atoms with Gasteiger partial charge in [0.1, 0.15) is 11.4 Å². The molecule has 2 aliphatic rings. The second-order valence-corrected chi connectivity index (χ2v) is 7.35. The average molecular weight is 388 g/mol. The summed E-state index contributed by atoms with van der Waals surface area (Å²) < 4.78 is 11.4. The van der Waals surface area contributed by atoms with Crippen LogP contribution in [-0.2, 0) is 20.7 Å². The fraction of sp³-hybridized carbons (Fsp3) is 0.318. The summed E-state index contributed by atoms with van der Waals surface area (Å²) in [7, 11) is 1.41. The van der Waals surface area contributed by atoms with E-state index in [9.17, 15) is 4.79 Å². The Balaban J connectivity index is 1.71. The van der Waals surface area contributed by atoms with Crippen molar-refractivity contribution in [1.82, 2.24) is 20.2 Å². The van der Waals surface area contributed by atoms with Crippen molar-refractivity contribution < 1.29 is 14.3 Å². The number of carbonyl (C=O) groups excluding carboxylic acids is 1. The molecule has 3 aromatic rings. The van der Waals surface area contributed by atoms with Crippen LogP contribution in [0.2, 0.25) is 0 Å². The Morgan fingerprint density at radius 2 is 1.72 bits per heavy atom. The molecule has 29 heavy (non-hydrogen) atoms. The first-order chi connectivity index (χ1) is 14.2. The third-order valence-corrected chi connectivity index (χ3v) is 5.77. The maximum absolute atomic E-state index is 12.6. The summed E-state index contributed by atoms with van der Waals surface area (Å²) in [6.07, 6.45) is 5.73. The molecule has 146 valence electrons. The third-order valence-electron chi connectivity index (χ3n) is 5.77. The zero-order chi connectivity index (χ0) is 19.8. The molecule has 7 nitrogen and oxygen atoms in total. The van der Waals surface area contributed by atoms with Crippen molar-refractivity contribution in [3.8, 4) is 22.8 Å². The van der Waals surface area contributed by atoms with E-state index < -0.39 is 5.60 Å². The van der Waals surface area contributed by atoms with Crippen molar-refractivity contribution in [2.75, 3.05) is 7.11 Å². The van der Waals surface area contributed by atoms with Crippen LogP contribution in [0.1, 0.15) is 36.5 Å². The van der Waals surface area contributed by atoms with Crippen molar-refractivity contribution in [2.24, 2.45) is 0 Å². The average Bonchev–Trinajstić information content (AvgIpc) is 3.14. The van der Waals surface area contributed by atoms with Gasteiger partial charge in [-0.15, -0.1) is 10.2 Å². The Bertz CT molecular complexity index is 1060. The fourth-order valence-corrected chi connectivity index (χ4v) is 4.39. The number of esters is 1. The molecular formula is C22H20N4O3. The number of rotatable bonds is 3. The topological polar surface area (TPSA) is 87.1 Å². The van der Waals surface area contributed by atoms with Gasteiger partial charge in [-0.05, 0) is 55.5 Å². The molecule has 0 amide bonds. The van der Waals surface area contributed by atoms with Crippen LogP contribution in [0.5, 0.6) is 0 Å². The minimum atomic E-state index is -0.915. The first-order valence-electron chi connectivity index (χ1n) is 9.70. The summed E-state index contributed by atoms with van der Waals surface area (Å²) in [6, 6.07) is 11.4. The molecule has 1 unspecified atom stereocenters. The van der Waals surface area contributed by atoms with Crippen LogP contribution < -0.4 is 0 Å². The van der Waals surface area contributed by atoms with Gasteiger partial charge in [-0.1, -0.05) is 12.1 Å². The van der Waals surface area contributed by atoms with E-state index in [1.807, 2.05) is 36.4 Å². The monoisotopic (exact) mass is 388 g/mol. The lowest BCUT2D eigenvalue weighted by Gasteiger charge is -2.24. The smallest absolute Gasteiger partial charge is 0.338 e. The van der Waals surface area contributed by atoms with E-state index in [0.717, 1.165) is 34.6 Å². The maximum atomic E-state index is 12.6. The SMILES string of the molecule is COC(=O)[C@]12CCc3c(-c4ccccn4)nnc(-c4ccccn4)c3C(CC1)O2. The molecule has 5 rings (SSSR count). The molecule has 0 aromatic carbocycles. The van der Waals surface area contributed by atoms with E-state index in [1.54, 1.807) is 12.4 Å². The molecule has 0 saturated carbocycles. The van der Waals surface area contributed by atoms with E-state index in [-0.39, 0.29) is 12.1 Å². The molecule has 0 N–H and O–H groups in total. The summed E-state index contributed by atoms with van der Waals surface area (Å²) in [6.45, 7) is 0. The largest absolute Gasteiger partial charge is 0.467 e. The van der Waals surface area contributed by atoms with Gasteiger partial charge in [0.05, 0.1) is 24.6 Å². The van der Waals surface area contributed by atoms with Gasteiger partial charge in [0.15, 0.2) is 5.60 Å². The summed E-state index contributed by atoms with van der Waals surface area (Å²) in [5.41, 5.74) is 4.00. The standard InChI is InChI=1S/C22H20N4O3/c1-28-21(27)22-10-8-14-18(17(29-22)9-11-22)20(16-7-3-5-13-24-16)26-25-19(14)15-6-2-4-12-23-15/h2-7,12-13,17H,8-11H2,1H3/t17?,22-/m0/s1. The number of hydrogen-bond donors (Lipinski definition) is 0. The Labute approximate surface area is 168 Å². The van der Waals surface area contributed by atoms with Gasteiger partial charge in [0, 0.05) is 18.0 Å². The highest BCUT2D eigenvalue weighted by Crippen LogP contribution is 2.49. The summed E-state index contributed by atoms with van der Waals surface area (Å²) >= 11 is 0. The zero-order valence-electron chi connectivity index (χ0n) is 16.0. The van der Waals surface area contributed by atoms with Crippen LogP contribution in [0.25, 0.3) is 22.8 Å². The summed E-state index contributed by atoms with van der Waals surface area (Å²) in [4.78, 5) is 21.5. The Morgan fingerprint density at radius 3 is 2.38 bits per heavy atom. The first-order valence-corrected chi connectivity index (χ1v) is 9.70. The van der Waals surface area contributed by atoms with Gasteiger partial charge in [-0.2, -0.15) is 0 Å². The van der Waals surface area contributed by atoms with Crippen LogP contribution in [0, 0.1) is 0 Å². The number of ether oxygens (including phenoxy) is 2. The second kappa shape index (κ2) is 7.00. The van der Waals surface area contributed by atoms with Crippen LogP contribution in [0.4, 0.5) is 0 Å². The van der Waals surface area contributed by atoms with Crippen LogP contribution in [0.15, 0.2) is 48.8 Å². The highest BCUT2D eigenvalue weighted by molar-refractivity contribution is 5.81. The van der Waals surface area contributed by atoms with Crippen LogP contribution >= 0.6 is 0 Å². The highest BCUT2D eigenvalue weighted by atomic mass is 16.6. The van der Waals surface area contributed by atoms with E-state index in [0.29, 0.717) is 25.0 Å².